The maximum Gasteiger partial charge on any atom is 0.330 e. The average molecular weight is 391 g/mol. The summed E-state index contributed by atoms with van der Waals surface area (Å²) < 4.78 is 1.47. The van der Waals surface area contributed by atoms with E-state index in [2.05, 4.69) is 25.6 Å². The van der Waals surface area contributed by atoms with E-state index in [1.165, 1.54) is 16.8 Å². The SMILES string of the molecule is N#Cc1cccnc1NCCNC(=O)c1cnc2c(c1)c(=O)[nH]c(=O)n2C1CC1. The molecule has 0 bridgehead atoms. The van der Waals surface area contributed by atoms with Crippen molar-refractivity contribution in [1.29, 1.82) is 5.26 Å². The summed E-state index contributed by atoms with van der Waals surface area (Å²) in [6.45, 7) is 0.635. The molecule has 1 fully saturated rings. The molecule has 0 radical (unpaired) electrons. The van der Waals surface area contributed by atoms with Gasteiger partial charge in [-0.1, -0.05) is 0 Å². The first-order valence-corrected chi connectivity index (χ1v) is 9.10. The van der Waals surface area contributed by atoms with Crippen molar-refractivity contribution >= 4 is 22.8 Å². The van der Waals surface area contributed by atoms with Crippen LogP contribution in [0.3, 0.4) is 0 Å². The number of rotatable bonds is 6. The molecule has 1 saturated carbocycles. The molecule has 0 aliphatic heterocycles. The van der Waals surface area contributed by atoms with Crippen molar-refractivity contribution in [3.05, 3.63) is 62.6 Å². The summed E-state index contributed by atoms with van der Waals surface area (Å²) in [5.74, 6) is 0.0486. The van der Waals surface area contributed by atoms with E-state index in [1.54, 1.807) is 18.3 Å². The van der Waals surface area contributed by atoms with Crippen molar-refractivity contribution in [3.63, 3.8) is 0 Å². The third-order valence-corrected chi connectivity index (χ3v) is 4.58. The molecule has 3 aromatic heterocycles. The Labute approximate surface area is 164 Å². The number of hydrogen-bond donors (Lipinski definition) is 3. The Morgan fingerprint density at radius 1 is 1.31 bits per heavy atom. The van der Waals surface area contributed by atoms with Crippen LogP contribution >= 0.6 is 0 Å². The van der Waals surface area contributed by atoms with Gasteiger partial charge in [-0.05, 0) is 31.0 Å². The van der Waals surface area contributed by atoms with Crippen molar-refractivity contribution in [2.24, 2.45) is 0 Å². The second kappa shape index (κ2) is 7.55. The van der Waals surface area contributed by atoms with Gasteiger partial charge in [0, 0.05) is 31.5 Å². The maximum atomic E-state index is 12.4. The van der Waals surface area contributed by atoms with Gasteiger partial charge in [0.15, 0.2) is 0 Å². The predicted octanol–water partition coefficient (Wildman–Crippen LogP) is 0.528. The third-order valence-electron chi connectivity index (χ3n) is 4.58. The number of carbonyl (C=O) groups is 1. The van der Waals surface area contributed by atoms with Crippen molar-refractivity contribution in [2.45, 2.75) is 18.9 Å². The highest BCUT2D eigenvalue weighted by molar-refractivity contribution is 5.96. The zero-order valence-electron chi connectivity index (χ0n) is 15.3. The first-order chi connectivity index (χ1) is 14.1. The molecule has 0 unspecified atom stereocenters. The Hall–Kier alpha value is -4.00. The summed E-state index contributed by atoms with van der Waals surface area (Å²) >= 11 is 0. The quantitative estimate of drug-likeness (QED) is 0.520. The van der Waals surface area contributed by atoms with Crippen LogP contribution in [0.4, 0.5) is 5.82 Å². The standard InChI is InChI=1S/C19H17N7O3/c20-9-11-2-1-5-21-15(11)22-6-7-23-17(27)12-8-14-16(24-10-12)26(13-3-4-13)19(29)25-18(14)28/h1-2,5,8,10,13H,3-4,6-7H2,(H,21,22)(H,23,27)(H,25,28,29). The number of hydrogen-bond acceptors (Lipinski definition) is 7. The molecule has 3 N–H and O–H groups in total. The summed E-state index contributed by atoms with van der Waals surface area (Å²) in [7, 11) is 0. The van der Waals surface area contributed by atoms with E-state index in [0.717, 1.165) is 12.8 Å². The van der Waals surface area contributed by atoms with Gasteiger partial charge >= 0.3 is 5.69 Å². The van der Waals surface area contributed by atoms with E-state index < -0.39 is 17.2 Å². The smallest absolute Gasteiger partial charge is 0.330 e. The number of fused-ring (bicyclic) bond motifs is 1. The lowest BCUT2D eigenvalue weighted by Gasteiger charge is -2.10. The number of nitriles is 1. The minimum Gasteiger partial charge on any atom is -0.367 e. The van der Waals surface area contributed by atoms with Crippen LogP contribution in [0.2, 0.25) is 0 Å². The van der Waals surface area contributed by atoms with Gasteiger partial charge in [0.2, 0.25) is 0 Å². The van der Waals surface area contributed by atoms with Gasteiger partial charge in [-0.3, -0.25) is 19.1 Å². The van der Waals surface area contributed by atoms with E-state index in [9.17, 15) is 14.4 Å². The van der Waals surface area contributed by atoms with E-state index in [1.807, 2.05) is 6.07 Å². The second-order valence-corrected chi connectivity index (χ2v) is 6.65. The van der Waals surface area contributed by atoms with Crippen molar-refractivity contribution in [2.75, 3.05) is 18.4 Å². The Bertz CT molecular complexity index is 1250. The van der Waals surface area contributed by atoms with E-state index in [-0.39, 0.29) is 23.5 Å². The summed E-state index contributed by atoms with van der Waals surface area (Å²) in [5.41, 5.74) is -0.117. The number of aromatic nitrogens is 4. The molecular weight excluding hydrogens is 374 g/mol. The summed E-state index contributed by atoms with van der Waals surface area (Å²) in [5, 5.41) is 14.9. The second-order valence-electron chi connectivity index (χ2n) is 6.65. The molecule has 1 aliphatic rings. The van der Waals surface area contributed by atoms with Gasteiger partial charge in [0.25, 0.3) is 11.5 Å². The van der Waals surface area contributed by atoms with Crippen LogP contribution in [-0.2, 0) is 0 Å². The Morgan fingerprint density at radius 2 is 2.14 bits per heavy atom. The highest BCUT2D eigenvalue weighted by Gasteiger charge is 2.27. The van der Waals surface area contributed by atoms with Crippen molar-refractivity contribution in [1.82, 2.24) is 24.8 Å². The van der Waals surface area contributed by atoms with Gasteiger partial charge in [0.05, 0.1) is 16.5 Å². The van der Waals surface area contributed by atoms with E-state index >= 15 is 0 Å². The largest absolute Gasteiger partial charge is 0.367 e. The number of amides is 1. The van der Waals surface area contributed by atoms with Crippen LogP contribution in [0.5, 0.6) is 0 Å². The molecule has 3 heterocycles. The minimum absolute atomic E-state index is 0.0463. The summed E-state index contributed by atoms with van der Waals surface area (Å²) in [4.78, 5) is 47.2. The van der Waals surface area contributed by atoms with Crippen LogP contribution in [0.25, 0.3) is 11.0 Å². The molecule has 4 rings (SSSR count). The number of H-pyrrole nitrogens is 1. The molecule has 10 nitrogen and oxygen atoms in total. The number of aromatic amines is 1. The van der Waals surface area contributed by atoms with Crippen LogP contribution in [0.1, 0.15) is 34.8 Å². The number of nitrogens with zero attached hydrogens (tertiary/aromatic N) is 4. The monoisotopic (exact) mass is 391 g/mol. The molecule has 29 heavy (non-hydrogen) atoms. The molecule has 1 aliphatic carbocycles. The van der Waals surface area contributed by atoms with Gasteiger partial charge in [-0.15, -0.1) is 0 Å². The third kappa shape index (κ3) is 3.70. The molecule has 146 valence electrons. The normalized spacial score (nSPS) is 13.1. The fourth-order valence-corrected chi connectivity index (χ4v) is 3.03. The minimum atomic E-state index is -0.565. The first-order valence-electron chi connectivity index (χ1n) is 9.10. The first kappa shape index (κ1) is 18.4. The number of anilines is 1. The van der Waals surface area contributed by atoms with Crippen molar-refractivity contribution in [3.8, 4) is 6.07 Å². The molecular formula is C19H17N7O3. The van der Waals surface area contributed by atoms with Crippen LogP contribution in [-0.4, -0.2) is 38.5 Å². The highest BCUT2D eigenvalue weighted by Crippen LogP contribution is 2.34. The van der Waals surface area contributed by atoms with Gasteiger partial charge < -0.3 is 10.6 Å². The Balaban J connectivity index is 1.46. The maximum absolute atomic E-state index is 12.4. The molecule has 0 atom stereocenters. The average Bonchev–Trinajstić information content (AvgIpc) is 3.56. The topological polar surface area (TPSA) is 146 Å². The fourth-order valence-electron chi connectivity index (χ4n) is 3.03. The van der Waals surface area contributed by atoms with Gasteiger partial charge in [-0.25, -0.2) is 14.8 Å². The van der Waals surface area contributed by atoms with Gasteiger partial charge in [0.1, 0.15) is 17.5 Å². The number of carbonyl (C=O) groups excluding carboxylic acids is 1. The lowest BCUT2D eigenvalue weighted by molar-refractivity contribution is 0.0955. The molecule has 0 aromatic carbocycles. The molecule has 3 aromatic rings. The summed E-state index contributed by atoms with van der Waals surface area (Å²) in [6, 6.07) is 6.84. The zero-order valence-corrected chi connectivity index (χ0v) is 15.3. The van der Waals surface area contributed by atoms with Gasteiger partial charge in [-0.2, -0.15) is 5.26 Å². The Kier molecular flexibility index (Phi) is 4.78. The number of pyridine rings is 2. The Morgan fingerprint density at radius 3 is 2.90 bits per heavy atom. The molecule has 0 spiro atoms. The van der Waals surface area contributed by atoms with E-state index in [0.29, 0.717) is 23.6 Å². The van der Waals surface area contributed by atoms with Crippen molar-refractivity contribution < 1.29 is 4.79 Å². The molecule has 0 saturated heterocycles. The fraction of sp³-hybridized carbons (Fsp3) is 0.263. The zero-order chi connectivity index (χ0) is 20.4. The van der Waals surface area contributed by atoms with Crippen LogP contribution in [0.15, 0.2) is 40.2 Å². The summed E-state index contributed by atoms with van der Waals surface area (Å²) in [6.07, 6.45) is 4.65. The van der Waals surface area contributed by atoms with E-state index in [4.69, 9.17) is 5.26 Å². The highest BCUT2D eigenvalue weighted by atomic mass is 16.2. The molecule has 1 amide bonds. The van der Waals surface area contributed by atoms with Crippen LogP contribution < -0.4 is 21.9 Å². The van der Waals surface area contributed by atoms with Crippen LogP contribution in [0, 0.1) is 11.3 Å². The number of nitrogens with one attached hydrogen (secondary N) is 3. The lowest BCUT2D eigenvalue weighted by Crippen LogP contribution is -2.32. The molecule has 10 heteroatoms. The lowest BCUT2D eigenvalue weighted by atomic mass is 10.2. The predicted molar refractivity (Wildman–Crippen MR) is 105 cm³/mol.